The van der Waals surface area contributed by atoms with Crippen molar-refractivity contribution in [2.75, 3.05) is 33.2 Å². The van der Waals surface area contributed by atoms with Crippen molar-refractivity contribution < 1.29 is 9.59 Å². The predicted octanol–water partition coefficient (Wildman–Crippen LogP) is 1.39. The lowest BCUT2D eigenvalue weighted by atomic mass is 9.79. The van der Waals surface area contributed by atoms with Gasteiger partial charge in [-0.25, -0.2) is 0 Å². The van der Waals surface area contributed by atoms with Crippen molar-refractivity contribution in [3.8, 4) is 0 Å². The molecule has 0 bridgehead atoms. The molecule has 1 aromatic heterocycles. The summed E-state index contributed by atoms with van der Waals surface area (Å²) >= 11 is 0. The Bertz CT molecular complexity index is 944. The number of hydrogen-bond donors (Lipinski definition) is 2. The van der Waals surface area contributed by atoms with E-state index in [0.717, 1.165) is 25.9 Å². The molecule has 140 valence electrons. The van der Waals surface area contributed by atoms with Crippen LogP contribution in [0.5, 0.6) is 0 Å². The highest BCUT2D eigenvalue weighted by Gasteiger charge is 2.33. The highest BCUT2D eigenvalue weighted by atomic mass is 16.2. The summed E-state index contributed by atoms with van der Waals surface area (Å²) in [6.45, 7) is 2.42. The van der Waals surface area contributed by atoms with E-state index in [-0.39, 0.29) is 11.8 Å². The minimum absolute atomic E-state index is 0.190. The van der Waals surface area contributed by atoms with Crippen LogP contribution < -0.4 is 5.32 Å². The summed E-state index contributed by atoms with van der Waals surface area (Å²) in [7, 11) is 2.21. The molecule has 2 N–H and O–H groups in total. The van der Waals surface area contributed by atoms with E-state index < -0.39 is 0 Å². The monoisotopic (exact) mass is 364 g/mol. The predicted molar refractivity (Wildman–Crippen MR) is 104 cm³/mol. The van der Waals surface area contributed by atoms with Crippen molar-refractivity contribution in [3.05, 3.63) is 41.6 Å². The third-order valence-electron chi connectivity index (χ3n) is 6.17. The van der Waals surface area contributed by atoms with Gasteiger partial charge in [-0.1, -0.05) is 18.2 Å². The number of aromatic amines is 1. The first-order valence-corrected chi connectivity index (χ1v) is 9.65. The minimum atomic E-state index is -0.190. The van der Waals surface area contributed by atoms with E-state index in [1.54, 1.807) is 0 Å². The van der Waals surface area contributed by atoms with Crippen molar-refractivity contribution in [2.45, 2.75) is 18.9 Å². The maximum Gasteiger partial charge on any atom is 0.240 e. The van der Waals surface area contributed by atoms with Crippen molar-refractivity contribution >= 4 is 28.3 Å². The molecule has 3 heterocycles. The first kappa shape index (κ1) is 16.7. The maximum absolute atomic E-state index is 11.6. The van der Waals surface area contributed by atoms with E-state index in [2.05, 4.69) is 52.7 Å². The number of likely N-dealkylation sites (N-methyl/N-ethyl adjacent to an activating group) is 1. The number of H-pyrrole nitrogens is 1. The lowest BCUT2D eigenvalue weighted by Crippen LogP contribution is -2.52. The number of piperazine rings is 1. The van der Waals surface area contributed by atoms with Gasteiger partial charge in [-0.05, 0) is 55.1 Å². The van der Waals surface area contributed by atoms with Gasteiger partial charge in [-0.2, -0.15) is 0 Å². The fourth-order valence-electron chi connectivity index (χ4n) is 4.93. The third-order valence-corrected chi connectivity index (χ3v) is 6.17. The molecule has 1 aliphatic carbocycles. The largest absolute Gasteiger partial charge is 0.361 e. The number of hydrogen-bond acceptors (Lipinski definition) is 4. The van der Waals surface area contributed by atoms with Crippen molar-refractivity contribution in [3.63, 3.8) is 0 Å². The Labute approximate surface area is 158 Å². The van der Waals surface area contributed by atoms with Crippen molar-refractivity contribution in [2.24, 2.45) is 5.92 Å². The van der Waals surface area contributed by atoms with E-state index in [9.17, 15) is 9.59 Å². The SMILES string of the molecule is CN1C[C@H](CCN2CC(=O)NC(=O)C2)C=C2c3cccc4[nH]cc(c34)C[C@H]21. The first-order chi connectivity index (χ1) is 13.1. The summed E-state index contributed by atoms with van der Waals surface area (Å²) in [5.41, 5.74) is 5.40. The lowest BCUT2D eigenvalue weighted by Gasteiger charge is -2.40. The summed E-state index contributed by atoms with van der Waals surface area (Å²) in [5.74, 6) is 0.0471. The molecule has 1 aromatic carbocycles. The number of imide groups is 1. The summed E-state index contributed by atoms with van der Waals surface area (Å²) in [4.78, 5) is 31.0. The Morgan fingerprint density at radius 2 is 2.00 bits per heavy atom. The van der Waals surface area contributed by atoms with Crippen LogP contribution in [-0.4, -0.2) is 65.9 Å². The Kier molecular flexibility index (Phi) is 3.91. The minimum Gasteiger partial charge on any atom is -0.361 e. The van der Waals surface area contributed by atoms with Crippen LogP contribution in [0.25, 0.3) is 16.5 Å². The zero-order valence-corrected chi connectivity index (χ0v) is 15.5. The van der Waals surface area contributed by atoms with Crippen molar-refractivity contribution in [1.82, 2.24) is 20.1 Å². The van der Waals surface area contributed by atoms with Gasteiger partial charge in [-0.3, -0.25) is 24.7 Å². The zero-order valence-electron chi connectivity index (χ0n) is 15.5. The molecule has 27 heavy (non-hydrogen) atoms. The fraction of sp³-hybridized carbons (Fsp3) is 0.429. The molecular weight excluding hydrogens is 340 g/mol. The molecule has 3 aliphatic rings. The molecule has 2 aliphatic heterocycles. The molecule has 6 nitrogen and oxygen atoms in total. The van der Waals surface area contributed by atoms with Crippen LogP contribution in [0.2, 0.25) is 0 Å². The first-order valence-electron chi connectivity index (χ1n) is 9.65. The number of nitrogens with zero attached hydrogens (tertiary/aromatic N) is 2. The van der Waals surface area contributed by atoms with Gasteiger partial charge in [0.05, 0.1) is 13.1 Å². The second-order valence-electron chi connectivity index (χ2n) is 8.05. The number of fused-ring (bicyclic) bond motifs is 2. The molecular formula is C21H24N4O2. The summed E-state index contributed by atoms with van der Waals surface area (Å²) in [5, 5.41) is 3.73. The molecule has 1 saturated heterocycles. The van der Waals surface area contributed by atoms with Gasteiger partial charge >= 0.3 is 0 Å². The topological polar surface area (TPSA) is 68.4 Å². The van der Waals surface area contributed by atoms with Crippen LogP contribution in [0.1, 0.15) is 17.5 Å². The summed E-state index contributed by atoms with van der Waals surface area (Å²) < 4.78 is 0. The average Bonchev–Trinajstić information content (AvgIpc) is 3.05. The van der Waals surface area contributed by atoms with E-state index in [1.807, 2.05) is 4.90 Å². The summed E-state index contributed by atoms with van der Waals surface area (Å²) in [6, 6.07) is 6.94. The molecule has 1 fully saturated rings. The quantitative estimate of drug-likeness (QED) is 0.808. The van der Waals surface area contributed by atoms with Gasteiger partial charge in [-0.15, -0.1) is 0 Å². The highest BCUT2D eigenvalue weighted by molar-refractivity contribution is 5.99. The standard InChI is InChI=1S/C21H24N4O2/c1-24-10-13(5-6-25-11-19(26)23-20(27)12-25)7-16-15-3-2-4-17-21(15)14(9-22-17)8-18(16)24/h2-4,7,9,13,18,22H,5-6,8,10-12H2,1H3,(H,23,26,27)/t13-,18-/m1/s1. The smallest absolute Gasteiger partial charge is 0.240 e. The van der Waals surface area contributed by atoms with Crippen molar-refractivity contribution in [1.29, 1.82) is 0 Å². The number of rotatable bonds is 3. The van der Waals surface area contributed by atoms with E-state index in [4.69, 9.17) is 0 Å². The van der Waals surface area contributed by atoms with Gasteiger partial charge in [0.15, 0.2) is 0 Å². The van der Waals surface area contributed by atoms with Gasteiger partial charge in [0, 0.05) is 29.7 Å². The molecule has 0 radical (unpaired) electrons. The number of benzene rings is 1. The van der Waals surface area contributed by atoms with Crippen LogP contribution in [0.4, 0.5) is 0 Å². The molecule has 2 amide bonds. The normalized spacial score (nSPS) is 26.0. The number of amides is 2. The Balaban J connectivity index is 1.39. The lowest BCUT2D eigenvalue weighted by molar-refractivity contribution is -0.136. The third kappa shape index (κ3) is 2.89. The zero-order chi connectivity index (χ0) is 18.5. The average molecular weight is 364 g/mol. The van der Waals surface area contributed by atoms with Gasteiger partial charge in [0.1, 0.15) is 0 Å². The van der Waals surface area contributed by atoms with Gasteiger partial charge < -0.3 is 4.98 Å². The number of aromatic nitrogens is 1. The maximum atomic E-state index is 11.6. The van der Waals surface area contributed by atoms with E-state index >= 15 is 0 Å². The number of carbonyl (C=O) groups is 2. The van der Waals surface area contributed by atoms with Crippen LogP contribution in [0.3, 0.4) is 0 Å². The Morgan fingerprint density at radius 1 is 1.19 bits per heavy atom. The number of nitrogens with one attached hydrogen (secondary N) is 2. The molecule has 5 rings (SSSR count). The van der Waals surface area contributed by atoms with E-state index in [0.29, 0.717) is 25.0 Å². The Morgan fingerprint density at radius 3 is 2.81 bits per heavy atom. The van der Waals surface area contributed by atoms with Gasteiger partial charge in [0.2, 0.25) is 11.8 Å². The van der Waals surface area contributed by atoms with E-state index in [1.165, 1.54) is 27.6 Å². The molecule has 0 spiro atoms. The fourth-order valence-corrected chi connectivity index (χ4v) is 4.93. The van der Waals surface area contributed by atoms with Crippen LogP contribution >= 0.6 is 0 Å². The second kappa shape index (κ2) is 6.32. The molecule has 2 atom stereocenters. The summed E-state index contributed by atoms with van der Waals surface area (Å²) in [6.07, 6.45) is 6.61. The molecule has 6 heteroatoms. The van der Waals surface area contributed by atoms with Crippen LogP contribution in [-0.2, 0) is 16.0 Å². The Hall–Kier alpha value is -2.44. The molecule has 0 unspecified atom stereocenters. The molecule has 0 saturated carbocycles. The van der Waals surface area contributed by atoms with Gasteiger partial charge in [0.25, 0.3) is 0 Å². The van der Waals surface area contributed by atoms with Crippen LogP contribution in [0.15, 0.2) is 30.5 Å². The highest BCUT2D eigenvalue weighted by Crippen LogP contribution is 2.41. The molecule has 2 aromatic rings. The number of carbonyl (C=O) groups excluding carboxylic acids is 2. The second-order valence-corrected chi connectivity index (χ2v) is 8.05. The van der Waals surface area contributed by atoms with Crippen LogP contribution in [0, 0.1) is 5.92 Å².